The van der Waals surface area contributed by atoms with Crippen molar-refractivity contribution in [2.24, 2.45) is 11.8 Å². The normalized spacial score (nSPS) is 20.5. The highest BCUT2D eigenvalue weighted by Gasteiger charge is 2.38. The highest BCUT2D eigenvalue weighted by Crippen LogP contribution is 2.52. The Balaban J connectivity index is 1.82. The van der Waals surface area contributed by atoms with Gasteiger partial charge >= 0.3 is 0 Å². The van der Waals surface area contributed by atoms with E-state index >= 15 is 0 Å². The third-order valence-electron chi connectivity index (χ3n) is 3.80. The van der Waals surface area contributed by atoms with Crippen LogP contribution in [0.25, 0.3) is 0 Å². The summed E-state index contributed by atoms with van der Waals surface area (Å²) in [5.41, 5.74) is 4.95. The highest BCUT2D eigenvalue weighted by atomic mass is 16.5. The molecule has 1 aromatic heterocycles. The molecule has 3 N–H and O–H groups in total. The van der Waals surface area contributed by atoms with E-state index in [1.54, 1.807) is 6.20 Å². The Labute approximate surface area is 119 Å². The number of hydrogen-bond acceptors (Lipinski definition) is 4. The Hall–Kier alpha value is -2.07. The summed E-state index contributed by atoms with van der Waals surface area (Å²) in [4.78, 5) is 4.29. The number of hydrazine groups is 1. The molecule has 3 rings (SSSR count). The first-order valence-electron chi connectivity index (χ1n) is 6.92. The number of pyridine rings is 1. The Morgan fingerprint density at radius 1 is 1.30 bits per heavy atom. The zero-order valence-electron chi connectivity index (χ0n) is 11.5. The van der Waals surface area contributed by atoms with Gasteiger partial charge in [0.25, 0.3) is 0 Å². The third-order valence-corrected chi connectivity index (χ3v) is 3.80. The smallest absolute Gasteiger partial charge is 0.147 e. The zero-order chi connectivity index (χ0) is 13.9. The van der Waals surface area contributed by atoms with Crippen molar-refractivity contribution >= 4 is 5.82 Å². The minimum Gasteiger partial charge on any atom is -0.488 e. The molecule has 1 saturated carbocycles. The summed E-state index contributed by atoms with van der Waals surface area (Å²) in [6.45, 7) is 2.79. The van der Waals surface area contributed by atoms with E-state index in [0.29, 0.717) is 18.4 Å². The molecule has 0 bridgehead atoms. The number of benzene rings is 1. The van der Waals surface area contributed by atoms with Crippen molar-refractivity contribution in [3.63, 3.8) is 0 Å². The van der Waals surface area contributed by atoms with Crippen LogP contribution in [0.5, 0.6) is 5.75 Å². The van der Waals surface area contributed by atoms with Crippen molar-refractivity contribution < 1.29 is 4.74 Å². The van der Waals surface area contributed by atoms with Crippen LogP contribution in [0.15, 0.2) is 42.6 Å². The fourth-order valence-corrected chi connectivity index (χ4v) is 2.51. The predicted molar refractivity (Wildman–Crippen MR) is 79.3 cm³/mol. The quantitative estimate of drug-likeness (QED) is 0.647. The number of anilines is 1. The molecule has 4 nitrogen and oxygen atoms in total. The Morgan fingerprint density at radius 3 is 2.70 bits per heavy atom. The standard InChI is InChI=1S/C16H19N3O/c1-11-9-13(11)15-14(7-8-18-16(15)19-17)20-10-12-5-3-2-4-6-12/h2-8,11,13H,9-10,17H2,1H3,(H,18,19)/t11-,13?/m0/s1. The number of aromatic nitrogens is 1. The van der Waals surface area contributed by atoms with Gasteiger partial charge in [-0.1, -0.05) is 37.3 Å². The molecule has 1 heterocycles. The largest absolute Gasteiger partial charge is 0.488 e. The molecule has 0 spiro atoms. The predicted octanol–water partition coefficient (Wildman–Crippen LogP) is 3.07. The SMILES string of the molecule is C[C@H]1CC1c1c(OCc2ccccc2)ccnc1NN. The van der Waals surface area contributed by atoms with Gasteiger partial charge in [0.1, 0.15) is 18.2 Å². The van der Waals surface area contributed by atoms with E-state index in [9.17, 15) is 0 Å². The summed E-state index contributed by atoms with van der Waals surface area (Å²) in [6, 6.07) is 12.1. The van der Waals surface area contributed by atoms with Crippen molar-refractivity contribution in [1.29, 1.82) is 0 Å². The summed E-state index contributed by atoms with van der Waals surface area (Å²) in [6.07, 6.45) is 2.90. The molecule has 0 saturated heterocycles. The van der Waals surface area contributed by atoms with Gasteiger partial charge in [0.15, 0.2) is 0 Å². The molecular weight excluding hydrogens is 250 g/mol. The minimum atomic E-state index is 0.500. The van der Waals surface area contributed by atoms with Gasteiger partial charge in [-0.05, 0) is 29.9 Å². The van der Waals surface area contributed by atoms with Gasteiger partial charge in [0, 0.05) is 11.8 Å². The second-order valence-corrected chi connectivity index (χ2v) is 5.31. The van der Waals surface area contributed by atoms with Crippen molar-refractivity contribution in [2.75, 3.05) is 5.43 Å². The van der Waals surface area contributed by atoms with Gasteiger partial charge in [-0.2, -0.15) is 0 Å². The maximum atomic E-state index is 5.98. The molecule has 4 heteroatoms. The molecule has 0 amide bonds. The fourth-order valence-electron chi connectivity index (χ4n) is 2.51. The minimum absolute atomic E-state index is 0.500. The number of nitrogen functional groups attached to an aromatic ring is 1. The number of ether oxygens (including phenoxy) is 1. The van der Waals surface area contributed by atoms with Gasteiger partial charge in [-0.15, -0.1) is 0 Å². The molecule has 1 unspecified atom stereocenters. The van der Waals surface area contributed by atoms with Crippen LogP contribution in [-0.4, -0.2) is 4.98 Å². The van der Waals surface area contributed by atoms with E-state index in [4.69, 9.17) is 10.6 Å². The Kier molecular flexibility index (Phi) is 3.56. The van der Waals surface area contributed by atoms with Gasteiger partial charge in [-0.3, -0.25) is 0 Å². The van der Waals surface area contributed by atoms with Crippen LogP contribution in [0.3, 0.4) is 0 Å². The number of nitrogens with one attached hydrogen (secondary N) is 1. The van der Waals surface area contributed by atoms with E-state index in [2.05, 4.69) is 29.5 Å². The van der Waals surface area contributed by atoms with E-state index in [1.165, 1.54) is 6.42 Å². The van der Waals surface area contributed by atoms with Gasteiger partial charge in [0.2, 0.25) is 0 Å². The highest BCUT2D eigenvalue weighted by molar-refractivity contribution is 5.55. The van der Waals surface area contributed by atoms with Crippen LogP contribution in [0.2, 0.25) is 0 Å². The molecule has 0 aliphatic heterocycles. The number of nitrogens with two attached hydrogens (primary N) is 1. The van der Waals surface area contributed by atoms with E-state index in [0.717, 1.165) is 22.7 Å². The maximum absolute atomic E-state index is 5.98. The summed E-state index contributed by atoms with van der Waals surface area (Å²) < 4.78 is 5.98. The second kappa shape index (κ2) is 5.51. The van der Waals surface area contributed by atoms with Crippen LogP contribution in [0, 0.1) is 5.92 Å². The van der Waals surface area contributed by atoms with Crippen molar-refractivity contribution in [3.8, 4) is 5.75 Å². The van der Waals surface area contributed by atoms with Gasteiger partial charge in [0.05, 0.1) is 0 Å². The number of rotatable bonds is 5. The monoisotopic (exact) mass is 269 g/mol. The topological polar surface area (TPSA) is 60.2 Å². The van der Waals surface area contributed by atoms with Crippen molar-refractivity contribution in [1.82, 2.24) is 4.98 Å². The first-order chi connectivity index (χ1) is 9.79. The summed E-state index contributed by atoms with van der Waals surface area (Å²) in [5, 5.41) is 0. The van der Waals surface area contributed by atoms with E-state index in [1.807, 2.05) is 24.3 Å². The molecule has 0 radical (unpaired) electrons. The van der Waals surface area contributed by atoms with E-state index < -0.39 is 0 Å². The first kappa shape index (κ1) is 12.9. The van der Waals surface area contributed by atoms with Crippen molar-refractivity contribution in [3.05, 3.63) is 53.7 Å². The first-order valence-corrected chi connectivity index (χ1v) is 6.92. The number of hydrogen-bond donors (Lipinski definition) is 2. The van der Waals surface area contributed by atoms with Gasteiger partial charge < -0.3 is 10.2 Å². The molecule has 1 aliphatic rings. The van der Waals surface area contributed by atoms with Crippen molar-refractivity contribution in [2.45, 2.75) is 25.9 Å². The lowest BCUT2D eigenvalue weighted by molar-refractivity contribution is 0.302. The lowest BCUT2D eigenvalue weighted by Gasteiger charge is -2.14. The average molecular weight is 269 g/mol. The fraction of sp³-hybridized carbons (Fsp3) is 0.312. The van der Waals surface area contributed by atoms with E-state index in [-0.39, 0.29) is 0 Å². The molecule has 2 atom stereocenters. The lowest BCUT2D eigenvalue weighted by atomic mass is 10.1. The molecule has 1 fully saturated rings. The molecular formula is C16H19N3O. The lowest BCUT2D eigenvalue weighted by Crippen LogP contribution is -2.12. The van der Waals surface area contributed by atoms with Crippen LogP contribution >= 0.6 is 0 Å². The Bertz CT molecular complexity index is 586. The van der Waals surface area contributed by atoms with Crippen LogP contribution in [-0.2, 0) is 6.61 Å². The number of nitrogens with zero attached hydrogens (tertiary/aromatic N) is 1. The maximum Gasteiger partial charge on any atom is 0.147 e. The second-order valence-electron chi connectivity index (χ2n) is 5.31. The van der Waals surface area contributed by atoms with Crippen LogP contribution in [0.1, 0.15) is 30.4 Å². The molecule has 2 aromatic rings. The van der Waals surface area contributed by atoms with Crippen LogP contribution in [0.4, 0.5) is 5.82 Å². The molecule has 20 heavy (non-hydrogen) atoms. The third kappa shape index (κ3) is 2.60. The average Bonchev–Trinajstić information content (AvgIpc) is 3.22. The molecule has 1 aliphatic carbocycles. The zero-order valence-corrected chi connectivity index (χ0v) is 11.5. The summed E-state index contributed by atoms with van der Waals surface area (Å²) in [7, 11) is 0. The van der Waals surface area contributed by atoms with Crippen LogP contribution < -0.4 is 16.0 Å². The molecule has 1 aromatic carbocycles. The molecule has 104 valence electrons. The Morgan fingerprint density at radius 2 is 2.05 bits per heavy atom. The summed E-state index contributed by atoms with van der Waals surface area (Å²) in [5.74, 6) is 8.35. The summed E-state index contributed by atoms with van der Waals surface area (Å²) >= 11 is 0. The van der Waals surface area contributed by atoms with Gasteiger partial charge in [-0.25, -0.2) is 10.8 Å².